The molecule has 0 N–H and O–H groups in total. The van der Waals surface area contributed by atoms with Crippen LogP contribution in [0.2, 0.25) is 0 Å². The summed E-state index contributed by atoms with van der Waals surface area (Å²) in [5.74, 6) is 1.68. The molecule has 2 fully saturated rings. The van der Waals surface area contributed by atoms with E-state index in [0.717, 1.165) is 44.7 Å². The zero-order valence-corrected chi connectivity index (χ0v) is 16.0. The third-order valence-electron chi connectivity index (χ3n) is 6.72. The van der Waals surface area contributed by atoms with Gasteiger partial charge in [-0.1, -0.05) is 42.5 Å². The van der Waals surface area contributed by atoms with Crippen molar-refractivity contribution in [2.75, 3.05) is 26.2 Å². The van der Waals surface area contributed by atoms with Crippen LogP contribution < -0.4 is 4.74 Å². The van der Waals surface area contributed by atoms with Gasteiger partial charge in [0.2, 0.25) is 0 Å². The summed E-state index contributed by atoms with van der Waals surface area (Å²) in [5.41, 5.74) is 3.20. The summed E-state index contributed by atoms with van der Waals surface area (Å²) < 4.78 is 12.4. The molecule has 5 rings (SSSR count). The van der Waals surface area contributed by atoms with Crippen molar-refractivity contribution in [2.45, 2.75) is 49.7 Å². The Hall–Kier alpha value is -1.84. The number of piperidine rings is 1. The highest BCUT2D eigenvalue weighted by Crippen LogP contribution is 2.39. The standard InChI is InChI=1S/C24H29NO2/c1-2-7-21(8-3-1)27-22-16-24(26-18-22)12-14-25(15-13-24)17-20-11-10-19-6-4-5-9-23(19)20/h1-9,20,22H,10-18H2/t20-,22+/m0/s1. The molecular formula is C24H29NO2. The predicted octanol–water partition coefficient (Wildman–Crippen LogP) is 4.42. The molecule has 0 saturated carbocycles. The fourth-order valence-corrected chi connectivity index (χ4v) is 5.21. The Kier molecular flexibility index (Phi) is 4.66. The van der Waals surface area contributed by atoms with Crippen LogP contribution in [0.1, 0.15) is 42.7 Å². The first-order valence-electron chi connectivity index (χ1n) is 10.5. The maximum atomic E-state index is 6.29. The second kappa shape index (κ2) is 7.29. The molecule has 2 atom stereocenters. The first-order valence-corrected chi connectivity index (χ1v) is 10.5. The number of para-hydroxylation sites is 1. The predicted molar refractivity (Wildman–Crippen MR) is 107 cm³/mol. The Morgan fingerprint density at radius 2 is 1.78 bits per heavy atom. The van der Waals surface area contributed by atoms with Gasteiger partial charge in [-0.05, 0) is 54.9 Å². The molecule has 2 aliphatic heterocycles. The summed E-state index contributed by atoms with van der Waals surface area (Å²) in [6.07, 6.45) is 6.05. The summed E-state index contributed by atoms with van der Waals surface area (Å²) in [4.78, 5) is 2.66. The van der Waals surface area contributed by atoms with Crippen molar-refractivity contribution < 1.29 is 9.47 Å². The van der Waals surface area contributed by atoms with Gasteiger partial charge in [-0.15, -0.1) is 0 Å². The molecule has 27 heavy (non-hydrogen) atoms. The molecule has 0 amide bonds. The summed E-state index contributed by atoms with van der Waals surface area (Å²) in [7, 11) is 0. The number of aryl methyl sites for hydroxylation is 1. The van der Waals surface area contributed by atoms with Gasteiger partial charge in [0.25, 0.3) is 0 Å². The van der Waals surface area contributed by atoms with Gasteiger partial charge in [-0.2, -0.15) is 0 Å². The van der Waals surface area contributed by atoms with Crippen molar-refractivity contribution in [3.8, 4) is 5.75 Å². The summed E-state index contributed by atoms with van der Waals surface area (Å²) in [6.45, 7) is 4.23. The number of fused-ring (bicyclic) bond motifs is 1. The SMILES string of the molecule is c1ccc(O[C@H]2COC3(CCN(C[C@@H]4CCc5ccccc54)CC3)C2)cc1. The Bertz CT molecular complexity index is 767. The van der Waals surface area contributed by atoms with E-state index >= 15 is 0 Å². The molecule has 1 spiro atoms. The molecule has 3 aliphatic rings. The zero-order chi connectivity index (χ0) is 18.1. The van der Waals surface area contributed by atoms with Gasteiger partial charge in [-0.3, -0.25) is 0 Å². The average Bonchev–Trinajstić information content (AvgIpc) is 3.29. The van der Waals surface area contributed by atoms with E-state index in [1.165, 1.54) is 19.4 Å². The van der Waals surface area contributed by atoms with E-state index < -0.39 is 0 Å². The monoisotopic (exact) mass is 363 g/mol. The molecule has 0 bridgehead atoms. The average molecular weight is 364 g/mol. The minimum Gasteiger partial charge on any atom is -0.488 e. The minimum absolute atomic E-state index is 0.0452. The molecule has 0 aromatic heterocycles. The van der Waals surface area contributed by atoms with Crippen LogP contribution >= 0.6 is 0 Å². The number of hydrogen-bond acceptors (Lipinski definition) is 3. The number of benzene rings is 2. The lowest BCUT2D eigenvalue weighted by atomic mass is 9.87. The maximum absolute atomic E-state index is 6.29. The van der Waals surface area contributed by atoms with E-state index in [1.54, 1.807) is 11.1 Å². The van der Waals surface area contributed by atoms with Crippen LogP contribution in [0.5, 0.6) is 5.75 Å². The number of rotatable bonds is 4. The number of ether oxygens (including phenoxy) is 2. The minimum atomic E-state index is 0.0452. The fraction of sp³-hybridized carbons (Fsp3) is 0.500. The molecule has 142 valence electrons. The lowest BCUT2D eigenvalue weighted by molar-refractivity contribution is -0.0448. The van der Waals surface area contributed by atoms with Crippen LogP contribution in [0.3, 0.4) is 0 Å². The van der Waals surface area contributed by atoms with Gasteiger partial charge in [0.05, 0.1) is 12.2 Å². The fourth-order valence-electron chi connectivity index (χ4n) is 5.21. The lowest BCUT2D eigenvalue weighted by Crippen LogP contribution is -2.45. The smallest absolute Gasteiger partial charge is 0.125 e. The largest absolute Gasteiger partial charge is 0.488 e. The van der Waals surface area contributed by atoms with Gasteiger partial charge in [0.1, 0.15) is 11.9 Å². The van der Waals surface area contributed by atoms with Gasteiger partial charge < -0.3 is 14.4 Å². The van der Waals surface area contributed by atoms with Crippen molar-refractivity contribution in [1.29, 1.82) is 0 Å². The van der Waals surface area contributed by atoms with Crippen LogP contribution in [-0.2, 0) is 11.2 Å². The summed E-state index contributed by atoms with van der Waals surface area (Å²) in [5, 5.41) is 0. The lowest BCUT2D eigenvalue weighted by Gasteiger charge is -2.39. The topological polar surface area (TPSA) is 21.7 Å². The molecule has 3 heteroatoms. The highest BCUT2D eigenvalue weighted by Gasteiger charge is 2.44. The maximum Gasteiger partial charge on any atom is 0.125 e. The van der Waals surface area contributed by atoms with E-state index in [9.17, 15) is 0 Å². The van der Waals surface area contributed by atoms with E-state index in [4.69, 9.17) is 9.47 Å². The first kappa shape index (κ1) is 17.3. The van der Waals surface area contributed by atoms with Crippen molar-refractivity contribution in [3.05, 3.63) is 65.7 Å². The molecule has 2 heterocycles. The van der Waals surface area contributed by atoms with Crippen molar-refractivity contribution in [1.82, 2.24) is 4.90 Å². The van der Waals surface area contributed by atoms with Crippen LogP contribution in [0, 0.1) is 0 Å². The summed E-state index contributed by atoms with van der Waals surface area (Å²) >= 11 is 0. The van der Waals surface area contributed by atoms with Crippen molar-refractivity contribution in [3.63, 3.8) is 0 Å². The van der Waals surface area contributed by atoms with Crippen molar-refractivity contribution >= 4 is 0 Å². The molecule has 2 aromatic rings. The zero-order valence-electron chi connectivity index (χ0n) is 16.0. The normalized spacial score (nSPS) is 27.0. The number of nitrogens with zero attached hydrogens (tertiary/aromatic N) is 1. The summed E-state index contributed by atoms with van der Waals surface area (Å²) in [6, 6.07) is 19.2. The molecule has 3 nitrogen and oxygen atoms in total. The van der Waals surface area contributed by atoms with E-state index in [-0.39, 0.29) is 11.7 Å². The Morgan fingerprint density at radius 1 is 1.00 bits per heavy atom. The van der Waals surface area contributed by atoms with Crippen LogP contribution in [-0.4, -0.2) is 42.8 Å². The molecule has 2 aromatic carbocycles. The van der Waals surface area contributed by atoms with E-state index in [0.29, 0.717) is 5.92 Å². The molecule has 1 aliphatic carbocycles. The third kappa shape index (κ3) is 3.63. The molecule has 2 saturated heterocycles. The van der Waals surface area contributed by atoms with Gasteiger partial charge >= 0.3 is 0 Å². The second-order valence-electron chi connectivity index (χ2n) is 8.49. The Morgan fingerprint density at radius 3 is 2.63 bits per heavy atom. The highest BCUT2D eigenvalue weighted by molar-refractivity contribution is 5.35. The quantitative estimate of drug-likeness (QED) is 0.803. The number of likely N-dealkylation sites (tertiary alicyclic amines) is 1. The molecular weight excluding hydrogens is 334 g/mol. The van der Waals surface area contributed by atoms with E-state index in [2.05, 4.69) is 29.2 Å². The second-order valence-corrected chi connectivity index (χ2v) is 8.49. The first-order chi connectivity index (χ1) is 13.3. The van der Waals surface area contributed by atoms with E-state index in [1.807, 2.05) is 30.3 Å². The van der Waals surface area contributed by atoms with Gasteiger partial charge in [0, 0.05) is 26.1 Å². The van der Waals surface area contributed by atoms with Crippen molar-refractivity contribution in [2.24, 2.45) is 0 Å². The van der Waals surface area contributed by atoms with Gasteiger partial charge in [0.15, 0.2) is 0 Å². The van der Waals surface area contributed by atoms with Crippen LogP contribution in [0.25, 0.3) is 0 Å². The van der Waals surface area contributed by atoms with Crippen LogP contribution in [0.4, 0.5) is 0 Å². The Balaban J connectivity index is 1.14. The molecule has 0 unspecified atom stereocenters. The Labute approximate surface area is 162 Å². The van der Waals surface area contributed by atoms with Crippen LogP contribution in [0.15, 0.2) is 54.6 Å². The number of hydrogen-bond donors (Lipinski definition) is 0. The third-order valence-corrected chi connectivity index (χ3v) is 6.72. The van der Waals surface area contributed by atoms with Gasteiger partial charge in [-0.25, -0.2) is 0 Å². The molecule has 0 radical (unpaired) electrons. The highest BCUT2D eigenvalue weighted by atomic mass is 16.6.